The molecule has 76 heavy (non-hydrogen) atoms. The summed E-state index contributed by atoms with van der Waals surface area (Å²) in [7, 11) is -5.88. The predicted molar refractivity (Wildman–Crippen MR) is 268 cm³/mol. The van der Waals surface area contributed by atoms with Crippen LogP contribution in [0.5, 0.6) is 0 Å². The summed E-state index contributed by atoms with van der Waals surface area (Å²) in [6.45, 7) is 10.5. The van der Waals surface area contributed by atoms with E-state index >= 15 is 0 Å². The van der Waals surface area contributed by atoms with Crippen molar-refractivity contribution in [3.05, 3.63) is 23.8 Å². The fourth-order valence-corrected chi connectivity index (χ4v) is 9.97. The normalized spacial score (nSPS) is 17.9. The Morgan fingerprint density at radius 3 is 1.36 bits per heavy atom. The number of aromatic nitrogens is 6. The molecule has 436 valence electrons. The number of carboxylic acid groups (broad SMARTS) is 1. The van der Waals surface area contributed by atoms with Crippen LogP contribution >= 0.6 is 0 Å². The number of hydrogen-bond acceptors (Lipinski definition) is 24. The van der Waals surface area contributed by atoms with E-state index in [0.29, 0.717) is 105 Å². The van der Waals surface area contributed by atoms with Gasteiger partial charge in [0.2, 0.25) is 11.8 Å². The molecule has 4 rings (SSSR count). The van der Waals surface area contributed by atoms with Gasteiger partial charge in [0.15, 0.2) is 26.0 Å². The third kappa shape index (κ3) is 27.1. The van der Waals surface area contributed by atoms with Crippen LogP contribution in [0.25, 0.3) is 0 Å². The molecule has 0 radical (unpaired) electrons. The number of rotatable bonds is 43. The van der Waals surface area contributed by atoms with Crippen LogP contribution in [0, 0.1) is 5.92 Å². The number of aliphatic hydroxyl groups excluding tert-OH is 2. The van der Waals surface area contributed by atoms with Crippen LogP contribution in [-0.4, -0.2) is 276 Å². The molecule has 0 aromatic carbocycles. The minimum absolute atomic E-state index is 0.0305. The Morgan fingerprint density at radius 1 is 0.579 bits per heavy atom. The topological polar surface area (TPSA) is 355 Å². The molecular weight excluding hydrogens is 1050 g/mol. The number of aliphatic hydroxyl groups is 2. The summed E-state index contributed by atoms with van der Waals surface area (Å²) < 4.78 is 100. The van der Waals surface area contributed by atoms with Gasteiger partial charge in [0, 0.05) is 84.2 Å². The zero-order valence-electron chi connectivity index (χ0n) is 43.7. The van der Waals surface area contributed by atoms with Crippen molar-refractivity contribution in [1.29, 1.82) is 0 Å². The fourth-order valence-electron chi connectivity index (χ4n) is 7.42. The number of nitrogens with zero attached hydrogens (tertiary/aromatic N) is 8. The van der Waals surface area contributed by atoms with E-state index in [-0.39, 0.29) is 95.2 Å². The number of sulfone groups is 2. The molecule has 29 nitrogen and oxygen atoms in total. The molecule has 0 saturated carbocycles. The standard InChI is InChI=1S/C45H80N10O19S2/c1-3-72-45(61)43(74-15-5-40(57)47-7-17-67-21-25-71-27-23-69-19-9-55-35-38(49-51-55)33-53-12-30-76(64,65)31-13-53)42(41(58)36(2)44(59)60)73-14-4-39(56)46-6-16-66-20-24-70-26-22-68-18-8-54-34-37(48-50-54)32-52-10-28-75(62,63)29-11-52/h34-36,41-43,45,58,61H,3-33H2,1-2H3,(H,46,56)(H,47,57)(H,59,60). The van der Waals surface area contributed by atoms with Gasteiger partial charge in [-0.1, -0.05) is 10.4 Å². The Balaban J connectivity index is 0.995. The number of aliphatic carboxylic acids is 1. The molecule has 2 aliphatic heterocycles. The van der Waals surface area contributed by atoms with Crippen molar-refractivity contribution in [2.75, 3.05) is 161 Å². The zero-order valence-corrected chi connectivity index (χ0v) is 45.4. The molecule has 31 heteroatoms. The minimum Gasteiger partial charge on any atom is -0.481 e. The Hall–Kier alpha value is -3.93. The molecule has 0 bridgehead atoms. The number of nitrogens with one attached hydrogen (secondary N) is 2. The second-order valence-corrected chi connectivity index (χ2v) is 22.4. The highest BCUT2D eigenvalue weighted by molar-refractivity contribution is 7.91. The molecule has 2 amide bonds. The van der Waals surface area contributed by atoms with Crippen LogP contribution in [0.1, 0.15) is 38.1 Å². The summed E-state index contributed by atoms with van der Waals surface area (Å²) in [4.78, 5) is 41.1. The van der Waals surface area contributed by atoms with Gasteiger partial charge in [-0.3, -0.25) is 24.2 Å². The number of carboxylic acids is 1. The van der Waals surface area contributed by atoms with Crippen molar-refractivity contribution in [3.63, 3.8) is 0 Å². The first-order valence-electron chi connectivity index (χ1n) is 25.6. The lowest BCUT2D eigenvalue weighted by molar-refractivity contribution is -0.232. The second kappa shape index (κ2) is 36.3. The number of hydrogen-bond donors (Lipinski definition) is 5. The first-order chi connectivity index (χ1) is 36.5. The van der Waals surface area contributed by atoms with Crippen LogP contribution in [0.3, 0.4) is 0 Å². The lowest BCUT2D eigenvalue weighted by Crippen LogP contribution is -2.52. The van der Waals surface area contributed by atoms with E-state index in [1.807, 2.05) is 22.2 Å². The maximum absolute atomic E-state index is 12.6. The number of ether oxygens (including phenoxy) is 9. The highest BCUT2D eigenvalue weighted by Crippen LogP contribution is 2.21. The van der Waals surface area contributed by atoms with E-state index in [1.165, 1.54) is 6.92 Å². The van der Waals surface area contributed by atoms with Crippen LogP contribution in [0.4, 0.5) is 0 Å². The Kier molecular flexibility index (Phi) is 30.8. The largest absolute Gasteiger partial charge is 0.481 e. The van der Waals surface area contributed by atoms with E-state index < -0.39 is 68.0 Å². The summed E-state index contributed by atoms with van der Waals surface area (Å²) >= 11 is 0. The smallest absolute Gasteiger partial charge is 0.308 e. The number of carbonyl (C=O) groups excluding carboxylic acids is 2. The summed E-state index contributed by atoms with van der Waals surface area (Å²) in [5.41, 5.74) is 1.53. The molecule has 2 fully saturated rings. The molecule has 5 unspecified atom stereocenters. The molecule has 2 saturated heterocycles. The lowest BCUT2D eigenvalue weighted by Gasteiger charge is -2.34. The van der Waals surface area contributed by atoms with E-state index in [2.05, 4.69) is 31.3 Å². The summed E-state index contributed by atoms with van der Waals surface area (Å²) in [5.74, 6) is -2.90. The molecule has 5 atom stereocenters. The van der Waals surface area contributed by atoms with E-state index in [9.17, 15) is 46.5 Å². The van der Waals surface area contributed by atoms with Gasteiger partial charge in [0.1, 0.15) is 12.2 Å². The molecule has 0 aliphatic carbocycles. The molecule has 2 aliphatic rings. The monoisotopic (exact) mass is 1130 g/mol. The highest BCUT2D eigenvalue weighted by atomic mass is 32.2. The molecule has 5 N–H and O–H groups in total. The summed E-state index contributed by atoms with van der Waals surface area (Å²) in [6, 6.07) is 0. The first-order valence-corrected chi connectivity index (χ1v) is 29.3. The van der Waals surface area contributed by atoms with Gasteiger partial charge in [-0.25, -0.2) is 26.2 Å². The highest BCUT2D eigenvalue weighted by Gasteiger charge is 2.40. The average molecular weight is 1130 g/mol. The van der Waals surface area contributed by atoms with Gasteiger partial charge in [-0.15, -0.1) is 10.2 Å². The van der Waals surface area contributed by atoms with Gasteiger partial charge < -0.3 is 68.6 Å². The molecule has 2 aromatic heterocycles. The van der Waals surface area contributed by atoms with Crippen molar-refractivity contribution in [3.8, 4) is 0 Å². The van der Waals surface area contributed by atoms with Crippen LogP contribution < -0.4 is 10.6 Å². The van der Waals surface area contributed by atoms with Crippen LogP contribution in [0.2, 0.25) is 0 Å². The van der Waals surface area contributed by atoms with Gasteiger partial charge >= 0.3 is 5.97 Å². The third-order valence-corrected chi connectivity index (χ3v) is 15.0. The SMILES string of the molecule is CCOC(O)C(OCCC(=O)NCCOCCOCCOCCn1cc(CN2CCS(=O)(=O)CC2)nn1)C(OCCC(=O)NCCOCCOCCOCCn1cc(CN2CCS(=O)(=O)CC2)nn1)C(O)C(C)C(=O)O. The number of carbonyl (C=O) groups is 3. The van der Waals surface area contributed by atoms with E-state index in [1.54, 1.807) is 16.3 Å². The van der Waals surface area contributed by atoms with E-state index in [4.69, 9.17) is 42.6 Å². The number of amides is 2. The Labute approximate surface area is 444 Å². The van der Waals surface area contributed by atoms with Gasteiger partial charge in [0.05, 0.1) is 152 Å². The third-order valence-electron chi connectivity index (χ3n) is 11.8. The van der Waals surface area contributed by atoms with Gasteiger partial charge in [-0.2, -0.15) is 0 Å². The van der Waals surface area contributed by atoms with Crippen molar-refractivity contribution in [2.45, 2.75) is 77.5 Å². The average Bonchev–Trinajstić information content (AvgIpc) is 4.04. The minimum atomic E-state index is -2.94. The second-order valence-electron chi connectivity index (χ2n) is 17.8. The molecule has 4 heterocycles. The predicted octanol–water partition coefficient (Wildman–Crippen LogP) is -3.65. The first kappa shape index (κ1) is 64.6. The van der Waals surface area contributed by atoms with Gasteiger partial charge in [-0.05, 0) is 13.8 Å². The Morgan fingerprint density at radius 2 is 0.961 bits per heavy atom. The molecular formula is C45H80N10O19S2. The quantitative estimate of drug-likeness (QED) is 0.0316. The van der Waals surface area contributed by atoms with Crippen LogP contribution in [-0.2, 0) is 103 Å². The van der Waals surface area contributed by atoms with Crippen molar-refractivity contribution in [2.24, 2.45) is 5.92 Å². The van der Waals surface area contributed by atoms with Crippen molar-refractivity contribution in [1.82, 2.24) is 50.4 Å². The van der Waals surface area contributed by atoms with Crippen molar-refractivity contribution < 1.29 is 89.2 Å². The molecule has 2 aromatic rings. The fraction of sp³-hybridized carbons (Fsp3) is 0.844. The summed E-state index contributed by atoms with van der Waals surface area (Å²) in [6.07, 6.45) is -3.01. The van der Waals surface area contributed by atoms with Crippen LogP contribution in [0.15, 0.2) is 12.4 Å². The lowest BCUT2D eigenvalue weighted by atomic mass is 9.95. The van der Waals surface area contributed by atoms with E-state index in [0.717, 1.165) is 11.4 Å². The maximum Gasteiger partial charge on any atom is 0.308 e. The Bertz CT molecular complexity index is 2150. The molecule has 0 spiro atoms. The summed E-state index contributed by atoms with van der Waals surface area (Å²) in [5, 5.41) is 53.4. The van der Waals surface area contributed by atoms with Gasteiger partial charge in [0.25, 0.3) is 0 Å². The maximum atomic E-state index is 12.6. The van der Waals surface area contributed by atoms with Crippen molar-refractivity contribution >= 4 is 37.5 Å². The zero-order chi connectivity index (χ0) is 55.0.